The van der Waals surface area contributed by atoms with Crippen LogP contribution in [0.1, 0.15) is 47.1 Å². The quantitative estimate of drug-likeness (QED) is 0.433. The van der Waals surface area contributed by atoms with E-state index in [-0.39, 0.29) is 11.6 Å². The van der Waals surface area contributed by atoms with Crippen LogP contribution in [0.5, 0.6) is 5.88 Å². The van der Waals surface area contributed by atoms with Crippen LogP contribution >= 0.6 is 11.3 Å². The standard InChI is InChI=1S/C21H24N8O2S/c1-13-19(31-2)24-20(32-13)17(18-25-26-27-29(18)15-7-5-8-15)22-10-11-28-21(30)16-9-4-3-6-14(16)12-23-28/h3-4,6,9,12,15,17,22H,5,7-8,10-11H2,1-2H3. The zero-order valence-electron chi connectivity index (χ0n) is 17.9. The van der Waals surface area contributed by atoms with Gasteiger partial charge >= 0.3 is 0 Å². The highest BCUT2D eigenvalue weighted by Gasteiger charge is 2.30. The van der Waals surface area contributed by atoms with Gasteiger partial charge in [-0.15, -0.1) is 16.4 Å². The van der Waals surface area contributed by atoms with Crippen LogP contribution in [0.25, 0.3) is 10.8 Å². The highest BCUT2D eigenvalue weighted by atomic mass is 32.1. The number of nitrogens with one attached hydrogen (secondary N) is 1. The molecule has 1 atom stereocenters. The Bertz CT molecular complexity index is 1290. The number of rotatable bonds is 8. The first-order valence-corrected chi connectivity index (χ1v) is 11.4. The van der Waals surface area contributed by atoms with Gasteiger partial charge in [0.2, 0.25) is 5.88 Å². The van der Waals surface area contributed by atoms with E-state index in [4.69, 9.17) is 4.74 Å². The highest BCUT2D eigenvalue weighted by molar-refractivity contribution is 7.12. The molecule has 0 spiro atoms. The van der Waals surface area contributed by atoms with Crippen molar-refractivity contribution in [2.45, 2.75) is 44.8 Å². The van der Waals surface area contributed by atoms with Gasteiger partial charge in [-0.05, 0) is 42.7 Å². The average Bonchev–Trinajstić information content (AvgIpc) is 3.38. The fraction of sp³-hybridized carbons (Fsp3) is 0.429. The van der Waals surface area contributed by atoms with Crippen molar-refractivity contribution in [2.75, 3.05) is 13.7 Å². The van der Waals surface area contributed by atoms with E-state index in [9.17, 15) is 4.79 Å². The molecule has 1 N–H and O–H groups in total. The van der Waals surface area contributed by atoms with Crippen LogP contribution < -0.4 is 15.6 Å². The first-order valence-electron chi connectivity index (χ1n) is 10.6. The number of nitrogens with zero attached hydrogens (tertiary/aromatic N) is 7. The van der Waals surface area contributed by atoms with E-state index in [1.165, 1.54) is 11.1 Å². The van der Waals surface area contributed by atoms with Crippen LogP contribution in [-0.4, -0.2) is 48.6 Å². The van der Waals surface area contributed by atoms with Crippen LogP contribution in [0.15, 0.2) is 35.3 Å². The van der Waals surface area contributed by atoms with Gasteiger partial charge in [0.05, 0.1) is 36.2 Å². The fourth-order valence-corrected chi connectivity index (χ4v) is 4.85. The minimum atomic E-state index is -0.311. The second kappa shape index (κ2) is 8.75. The van der Waals surface area contributed by atoms with Crippen molar-refractivity contribution in [3.05, 3.63) is 56.5 Å². The van der Waals surface area contributed by atoms with Crippen molar-refractivity contribution in [1.82, 2.24) is 40.3 Å². The third-order valence-corrected chi connectivity index (χ3v) is 6.86. The van der Waals surface area contributed by atoms with Crippen molar-refractivity contribution in [2.24, 2.45) is 0 Å². The predicted molar refractivity (Wildman–Crippen MR) is 120 cm³/mol. The fourth-order valence-electron chi connectivity index (χ4n) is 3.89. The summed E-state index contributed by atoms with van der Waals surface area (Å²) in [6.45, 7) is 2.88. The van der Waals surface area contributed by atoms with Gasteiger partial charge < -0.3 is 4.74 Å². The zero-order chi connectivity index (χ0) is 22.1. The van der Waals surface area contributed by atoms with Crippen molar-refractivity contribution >= 4 is 22.1 Å². The summed E-state index contributed by atoms with van der Waals surface area (Å²) in [5.41, 5.74) is -0.104. The van der Waals surface area contributed by atoms with Gasteiger partial charge in [0.1, 0.15) is 11.0 Å². The second-order valence-electron chi connectivity index (χ2n) is 7.83. The van der Waals surface area contributed by atoms with Gasteiger partial charge in [-0.1, -0.05) is 18.2 Å². The van der Waals surface area contributed by atoms with Crippen LogP contribution in [0.3, 0.4) is 0 Å². The third-order valence-electron chi connectivity index (χ3n) is 5.84. The molecule has 32 heavy (non-hydrogen) atoms. The summed E-state index contributed by atoms with van der Waals surface area (Å²) in [5, 5.41) is 22.7. The smallest absolute Gasteiger partial charge is 0.274 e. The van der Waals surface area contributed by atoms with E-state index >= 15 is 0 Å². The Morgan fingerprint density at radius 1 is 1.31 bits per heavy atom. The number of hydrogen-bond acceptors (Lipinski definition) is 9. The monoisotopic (exact) mass is 452 g/mol. The molecule has 1 aromatic carbocycles. The molecule has 4 aromatic rings. The van der Waals surface area contributed by atoms with E-state index in [0.29, 0.717) is 30.4 Å². The number of fused-ring (bicyclic) bond motifs is 1. The minimum absolute atomic E-state index is 0.104. The van der Waals surface area contributed by atoms with Gasteiger partial charge in [-0.2, -0.15) is 5.10 Å². The maximum atomic E-state index is 12.8. The Kier molecular flexibility index (Phi) is 5.66. The molecule has 0 aliphatic heterocycles. The van der Waals surface area contributed by atoms with Gasteiger partial charge in [0.15, 0.2) is 5.82 Å². The molecule has 3 heterocycles. The molecule has 0 bridgehead atoms. The van der Waals surface area contributed by atoms with E-state index in [0.717, 1.165) is 33.9 Å². The van der Waals surface area contributed by atoms with Gasteiger partial charge in [-0.25, -0.2) is 14.3 Å². The molecular formula is C21H24N8O2S. The second-order valence-corrected chi connectivity index (χ2v) is 9.07. The molecule has 1 unspecified atom stereocenters. The highest BCUT2D eigenvalue weighted by Crippen LogP contribution is 2.35. The molecule has 1 aliphatic rings. The topological polar surface area (TPSA) is 113 Å². The SMILES string of the molecule is COc1nc(C(NCCn2ncc3ccccc3c2=O)c2nnnn2C2CCC2)sc1C. The van der Waals surface area contributed by atoms with Gasteiger partial charge in [-0.3, -0.25) is 10.1 Å². The molecule has 10 nitrogen and oxygen atoms in total. The van der Waals surface area contributed by atoms with Crippen LogP contribution in [0.4, 0.5) is 0 Å². The molecule has 11 heteroatoms. The summed E-state index contributed by atoms with van der Waals surface area (Å²) in [6.07, 6.45) is 5.05. The number of ether oxygens (including phenoxy) is 1. The number of aryl methyl sites for hydroxylation is 1. The summed E-state index contributed by atoms with van der Waals surface area (Å²) < 4.78 is 8.78. The largest absolute Gasteiger partial charge is 0.480 e. The number of tetrazole rings is 1. The number of thiazole rings is 1. The summed E-state index contributed by atoms with van der Waals surface area (Å²) in [4.78, 5) is 18.4. The lowest BCUT2D eigenvalue weighted by Gasteiger charge is -2.27. The number of methoxy groups -OCH3 is 1. The minimum Gasteiger partial charge on any atom is -0.480 e. The van der Waals surface area contributed by atoms with Crippen molar-refractivity contribution < 1.29 is 4.74 Å². The summed E-state index contributed by atoms with van der Waals surface area (Å²) in [6, 6.07) is 7.48. The lowest BCUT2D eigenvalue weighted by Crippen LogP contribution is -2.33. The number of benzene rings is 1. The van der Waals surface area contributed by atoms with Crippen molar-refractivity contribution in [3.63, 3.8) is 0 Å². The molecular weight excluding hydrogens is 428 g/mol. The van der Waals surface area contributed by atoms with Crippen LogP contribution in [0.2, 0.25) is 0 Å². The van der Waals surface area contributed by atoms with E-state index in [1.54, 1.807) is 24.6 Å². The first-order chi connectivity index (χ1) is 15.7. The Morgan fingerprint density at radius 2 is 2.16 bits per heavy atom. The van der Waals surface area contributed by atoms with Crippen molar-refractivity contribution in [3.8, 4) is 5.88 Å². The molecule has 0 amide bonds. The zero-order valence-corrected chi connectivity index (χ0v) is 18.7. The molecule has 0 saturated heterocycles. The maximum Gasteiger partial charge on any atom is 0.274 e. The third kappa shape index (κ3) is 3.78. The van der Waals surface area contributed by atoms with Crippen LogP contribution in [-0.2, 0) is 6.54 Å². The Hall–Kier alpha value is -3.18. The van der Waals surface area contributed by atoms with Gasteiger partial charge in [0, 0.05) is 11.9 Å². The number of aromatic nitrogens is 7. The van der Waals surface area contributed by atoms with E-state index in [1.807, 2.05) is 35.9 Å². The Labute approximate surface area is 188 Å². The lowest BCUT2D eigenvalue weighted by atomic mass is 9.93. The summed E-state index contributed by atoms with van der Waals surface area (Å²) in [5.74, 6) is 1.33. The molecule has 5 rings (SSSR count). The molecule has 166 valence electrons. The van der Waals surface area contributed by atoms with E-state index < -0.39 is 0 Å². The molecule has 1 fully saturated rings. The van der Waals surface area contributed by atoms with Gasteiger partial charge in [0.25, 0.3) is 5.56 Å². The van der Waals surface area contributed by atoms with E-state index in [2.05, 4.69) is 30.9 Å². The number of hydrogen-bond donors (Lipinski definition) is 1. The Morgan fingerprint density at radius 3 is 2.91 bits per heavy atom. The normalized spacial score (nSPS) is 15.1. The molecule has 1 aliphatic carbocycles. The molecule has 0 radical (unpaired) electrons. The first kappa shape index (κ1) is 20.7. The van der Waals surface area contributed by atoms with Crippen molar-refractivity contribution in [1.29, 1.82) is 0 Å². The average molecular weight is 453 g/mol. The molecule has 1 saturated carbocycles. The lowest BCUT2D eigenvalue weighted by molar-refractivity contribution is 0.272. The predicted octanol–water partition coefficient (Wildman–Crippen LogP) is 2.26. The Balaban J connectivity index is 1.41. The van der Waals surface area contributed by atoms with Crippen LogP contribution in [0, 0.1) is 6.92 Å². The maximum absolute atomic E-state index is 12.8. The summed E-state index contributed by atoms with van der Waals surface area (Å²) >= 11 is 1.55. The molecule has 3 aromatic heterocycles. The summed E-state index contributed by atoms with van der Waals surface area (Å²) in [7, 11) is 1.62.